The van der Waals surface area contributed by atoms with E-state index in [9.17, 15) is 0 Å². The largest absolute Gasteiger partial charge is 0.489 e. The van der Waals surface area contributed by atoms with Gasteiger partial charge in [-0.05, 0) is 72.6 Å². The highest BCUT2D eigenvalue weighted by atomic mass is 16.5. The van der Waals surface area contributed by atoms with Crippen LogP contribution in [-0.4, -0.2) is 0 Å². The van der Waals surface area contributed by atoms with Crippen LogP contribution in [0.3, 0.4) is 0 Å². The van der Waals surface area contributed by atoms with Crippen LogP contribution >= 0.6 is 0 Å². The summed E-state index contributed by atoms with van der Waals surface area (Å²) in [6.45, 7) is 6.43. The molecule has 3 rings (SSSR count). The Morgan fingerprint density at radius 1 is 0.690 bits per heavy atom. The molecular weight excluding hydrogens is 352 g/mol. The van der Waals surface area contributed by atoms with Crippen LogP contribution in [0.15, 0.2) is 97.6 Å². The van der Waals surface area contributed by atoms with E-state index in [2.05, 4.69) is 86.3 Å². The molecule has 29 heavy (non-hydrogen) atoms. The lowest BCUT2D eigenvalue weighted by Crippen LogP contribution is -1.96. The van der Waals surface area contributed by atoms with E-state index < -0.39 is 0 Å². The van der Waals surface area contributed by atoms with Crippen molar-refractivity contribution in [1.82, 2.24) is 0 Å². The Labute approximate surface area is 175 Å². The van der Waals surface area contributed by atoms with Gasteiger partial charge in [0.05, 0.1) is 0 Å². The highest BCUT2D eigenvalue weighted by Crippen LogP contribution is 2.24. The van der Waals surface area contributed by atoms with Crippen LogP contribution in [0.5, 0.6) is 5.75 Å². The van der Waals surface area contributed by atoms with Gasteiger partial charge in [-0.3, -0.25) is 0 Å². The number of rotatable bonds is 10. The fourth-order valence-electron chi connectivity index (χ4n) is 3.26. The van der Waals surface area contributed by atoms with Crippen LogP contribution in [-0.2, 0) is 19.4 Å². The van der Waals surface area contributed by atoms with Crippen LogP contribution in [0, 0.1) is 0 Å². The molecule has 3 aromatic carbocycles. The molecule has 0 bridgehead atoms. The van der Waals surface area contributed by atoms with Gasteiger partial charge in [0.2, 0.25) is 0 Å². The Kier molecular flexibility index (Phi) is 7.89. The lowest BCUT2D eigenvalue weighted by Gasteiger charge is -2.09. The van der Waals surface area contributed by atoms with Gasteiger partial charge in [0.1, 0.15) is 12.4 Å². The molecule has 0 N–H and O–H groups in total. The number of aryl methyl sites for hydroxylation is 2. The first-order chi connectivity index (χ1) is 14.3. The molecule has 0 aliphatic carbocycles. The Bertz CT molecular complexity index is 900. The van der Waals surface area contributed by atoms with E-state index in [1.807, 2.05) is 18.2 Å². The molecule has 0 amide bonds. The summed E-state index contributed by atoms with van der Waals surface area (Å²) in [6, 6.07) is 25.8. The minimum atomic E-state index is 0.585. The van der Waals surface area contributed by atoms with Crippen LogP contribution in [0.4, 0.5) is 0 Å². The van der Waals surface area contributed by atoms with Crippen molar-refractivity contribution in [3.05, 3.63) is 114 Å². The highest BCUT2D eigenvalue weighted by molar-refractivity contribution is 5.64. The summed E-state index contributed by atoms with van der Waals surface area (Å²) in [5, 5.41) is 0. The van der Waals surface area contributed by atoms with Gasteiger partial charge in [0.15, 0.2) is 0 Å². The SMILES string of the molecule is C=CCCc1ccc(COc2ccc(-c3ccc(CC/C=C/C)cc3)cc2)cc1. The maximum absolute atomic E-state index is 5.96. The Hall–Kier alpha value is -3.06. The van der Waals surface area contributed by atoms with Gasteiger partial charge in [-0.25, -0.2) is 0 Å². The molecule has 0 radical (unpaired) electrons. The number of hydrogen-bond acceptors (Lipinski definition) is 1. The molecular formula is C28H30O. The summed E-state index contributed by atoms with van der Waals surface area (Å²) < 4.78 is 5.96. The Morgan fingerprint density at radius 3 is 1.79 bits per heavy atom. The summed E-state index contributed by atoms with van der Waals surface area (Å²) in [5.74, 6) is 0.896. The van der Waals surface area contributed by atoms with E-state index in [0.717, 1.165) is 31.4 Å². The van der Waals surface area contributed by atoms with Crippen molar-refractivity contribution < 1.29 is 4.74 Å². The van der Waals surface area contributed by atoms with Crippen molar-refractivity contribution in [3.63, 3.8) is 0 Å². The number of allylic oxidation sites excluding steroid dienone is 3. The van der Waals surface area contributed by atoms with Gasteiger partial charge >= 0.3 is 0 Å². The molecule has 0 heterocycles. The Morgan fingerprint density at radius 2 is 1.21 bits per heavy atom. The molecule has 0 atom stereocenters. The molecule has 148 valence electrons. The van der Waals surface area contributed by atoms with E-state index in [0.29, 0.717) is 6.61 Å². The monoisotopic (exact) mass is 382 g/mol. The smallest absolute Gasteiger partial charge is 0.119 e. The zero-order valence-corrected chi connectivity index (χ0v) is 17.3. The maximum Gasteiger partial charge on any atom is 0.119 e. The van der Waals surface area contributed by atoms with Crippen LogP contribution in [0.2, 0.25) is 0 Å². The van der Waals surface area contributed by atoms with Crippen molar-refractivity contribution in [1.29, 1.82) is 0 Å². The fraction of sp³-hybridized carbons (Fsp3) is 0.214. The average Bonchev–Trinajstić information content (AvgIpc) is 2.78. The summed E-state index contributed by atoms with van der Waals surface area (Å²) in [4.78, 5) is 0. The lowest BCUT2D eigenvalue weighted by molar-refractivity contribution is 0.306. The molecule has 0 saturated carbocycles. The first-order valence-corrected chi connectivity index (χ1v) is 10.4. The Balaban J connectivity index is 1.54. The van der Waals surface area contributed by atoms with Gasteiger partial charge < -0.3 is 4.74 Å². The van der Waals surface area contributed by atoms with Gasteiger partial charge in [0.25, 0.3) is 0 Å². The normalized spacial score (nSPS) is 10.9. The molecule has 0 aromatic heterocycles. The number of ether oxygens (including phenoxy) is 1. The third-order valence-corrected chi connectivity index (χ3v) is 5.04. The molecule has 0 saturated heterocycles. The van der Waals surface area contributed by atoms with Crippen LogP contribution in [0.1, 0.15) is 36.5 Å². The van der Waals surface area contributed by atoms with E-state index in [1.54, 1.807) is 0 Å². The van der Waals surface area contributed by atoms with E-state index >= 15 is 0 Å². The molecule has 3 aromatic rings. The second kappa shape index (κ2) is 11.1. The van der Waals surface area contributed by atoms with E-state index in [-0.39, 0.29) is 0 Å². The zero-order chi connectivity index (χ0) is 20.3. The summed E-state index contributed by atoms with van der Waals surface area (Å²) in [5.41, 5.74) is 6.35. The van der Waals surface area contributed by atoms with Crippen molar-refractivity contribution in [2.24, 2.45) is 0 Å². The van der Waals surface area contributed by atoms with Crippen molar-refractivity contribution in [2.75, 3.05) is 0 Å². The van der Waals surface area contributed by atoms with E-state index in [4.69, 9.17) is 4.74 Å². The fourth-order valence-corrected chi connectivity index (χ4v) is 3.26. The highest BCUT2D eigenvalue weighted by Gasteiger charge is 2.01. The van der Waals surface area contributed by atoms with Crippen molar-refractivity contribution >= 4 is 0 Å². The average molecular weight is 383 g/mol. The van der Waals surface area contributed by atoms with Gasteiger partial charge in [-0.1, -0.05) is 78.9 Å². The van der Waals surface area contributed by atoms with Gasteiger partial charge in [-0.15, -0.1) is 6.58 Å². The first-order valence-electron chi connectivity index (χ1n) is 10.4. The summed E-state index contributed by atoms with van der Waals surface area (Å²) in [7, 11) is 0. The van der Waals surface area contributed by atoms with Gasteiger partial charge in [0, 0.05) is 0 Å². The number of benzene rings is 3. The number of hydrogen-bond donors (Lipinski definition) is 0. The molecule has 0 aliphatic heterocycles. The lowest BCUT2D eigenvalue weighted by atomic mass is 10.0. The van der Waals surface area contributed by atoms with Gasteiger partial charge in [-0.2, -0.15) is 0 Å². The summed E-state index contributed by atoms with van der Waals surface area (Å²) >= 11 is 0. The minimum Gasteiger partial charge on any atom is -0.489 e. The third kappa shape index (κ3) is 6.50. The van der Waals surface area contributed by atoms with Crippen LogP contribution in [0.25, 0.3) is 11.1 Å². The third-order valence-electron chi connectivity index (χ3n) is 5.04. The molecule has 0 fully saturated rings. The predicted molar refractivity (Wildman–Crippen MR) is 124 cm³/mol. The maximum atomic E-state index is 5.96. The topological polar surface area (TPSA) is 9.23 Å². The first kappa shape index (κ1) is 20.7. The zero-order valence-electron chi connectivity index (χ0n) is 17.3. The molecule has 0 aliphatic rings. The van der Waals surface area contributed by atoms with Crippen molar-refractivity contribution in [2.45, 2.75) is 39.2 Å². The second-order valence-electron chi connectivity index (χ2n) is 7.26. The quantitative estimate of drug-likeness (QED) is 0.329. The summed E-state index contributed by atoms with van der Waals surface area (Å²) in [6.07, 6.45) is 10.5. The standard InChI is InChI=1S/C28H30O/c1-3-5-7-9-24-14-16-26(17-15-24)27-18-20-28(21-19-27)29-22-25-12-10-23(11-13-25)8-6-4-2/h3-5,10-21H,2,6-9,22H2,1H3/b5-3+. The van der Waals surface area contributed by atoms with E-state index in [1.165, 1.54) is 27.8 Å². The molecule has 0 unspecified atom stereocenters. The minimum absolute atomic E-state index is 0.585. The van der Waals surface area contributed by atoms with Crippen molar-refractivity contribution in [3.8, 4) is 16.9 Å². The van der Waals surface area contributed by atoms with Crippen LogP contribution < -0.4 is 4.74 Å². The molecule has 1 nitrogen and oxygen atoms in total. The second-order valence-corrected chi connectivity index (χ2v) is 7.26. The molecule has 0 spiro atoms. The molecule has 1 heteroatoms. The predicted octanol–water partition coefficient (Wildman–Crippen LogP) is 7.56.